The van der Waals surface area contributed by atoms with Crippen LogP contribution in [0.15, 0.2) is 4.99 Å². The summed E-state index contributed by atoms with van der Waals surface area (Å²) < 4.78 is 37.2. The molecule has 2 rings (SSSR count). The lowest BCUT2D eigenvalue weighted by Crippen LogP contribution is -2.40. The topological polar surface area (TPSA) is 52.6 Å². The molecule has 0 bridgehead atoms. The van der Waals surface area contributed by atoms with Crippen LogP contribution in [-0.4, -0.2) is 55.2 Å². The minimum absolute atomic E-state index is 0.204. The van der Waals surface area contributed by atoms with E-state index in [4.69, 9.17) is 0 Å². The summed E-state index contributed by atoms with van der Waals surface area (Å²) in [6.45, 7) is 5.36. The molecule has 2 heterocycles. The van der Waals surface area contributed by atoms with Crippen molar-refractivity contribution < 1.29 is 13.2 Å². The van der Waals surface area contributed by atoms with Gasteiger partial charge in [0.15, 0.2) is 5.96 Å². The first-order valence-electron chi connectivity index (χ1n) is 7.93. The number of guanidine groups is 1. The molecule has 2 N–H and O–H groups in total. The molecule has 1 saturated heterocycles. The van der Waals surface area contributed by atoms with Crippen LogP contribution in [0.2, 0.25) is 0 Å². The van der Waals surface area contributed by atoms with Gasteiger partial charge < -0.3 is 10.6 Å². The number of halogens is 3. The largest absolute Gasteiger partial charge is 0.401 e. The maximum Gasteiger partial charge on any atom is 0.401 e. The van der Waals surface area contributed by atoms with Crippen LogP contribution in [-0.2, 0) is 6.54 Å². The lowest BCUT2D eigenvalue weighted by molar-refractivity contribution is -0.143. The van der Waals surface area contributed by atoms with E-state index >= 15 is 0 Å². The molecule has 1 aliphatic rings. The van der Waals surface area contributed by atoms with Gasteiger partial charge in [-0.2, -0.15) is 13.2 Å². The van der Waals surface area contributed by atoms with Crippen LogP contribution < -0.4 is 10.6 Å². The van der Waals surface area contributed by atoms with Crippen molar-refractivity contribution in [3.05, 3.63) is 15.6 Å². The molecule has 1 aliphatic heterocycles. The zero-order valence-electron chi connectivity index (χ0n) is 14.2. The maximum absolute atomic E-state index is 12.4. The third-order valence-corrected chi connectivity index (χ3v) is 5.11. The number of alkyl halides is 3. The van der Waals surface area contributed by atoms with Gasteiger partial charge in [-0.3, -0.25) is 9.89 Å². The molecule has 1 fully saturated rings. The van der Waals surface area contributed by atoms with Crippen molar-refractivity contribution in [2.45, 2.75) is 33.0 Å². The first-order chi connectivity index (χ1) is 11.3. The van der Waals surface area contributed by atoms with Crippen LogP contribution in [0.25, 0.3) is 0 Å². The summed E-state index contributed by atoms with van der Waals surface area (Å²) in [4.78, 5) is 11.3. The van der Waals surface area contributed by atoms with Gasteiger partial charge in [0, 0.05) is 25.0 Å². The summed E-state index contributed by atoms with van der Waals surface area (Å²) in [5, 5.41) is 7.38. The maximum atomic E-state index is 12.4. The van der Waals surface area contributed by atoms with E-state index in [9.17, 15) is 13.2 Å². The molecule has 0 amide bonds. The Balaban J connectivity index is 1.72. The van der Waals surface area contributed by atoms with Crippen LogP contribution in [0.1, 0.15) is 22.0 Å². The second-order valence-electron chi connectivity index (χ2n) is 6.06. The molecular formula is C15H24F3N5S. The highest BCUT2D eigenvalue weighted by atomic mass is 32.1. The standard InChI is InChI=1S/C15H24F3N5S/c1-10-11(2)24-13(22-10)7-21-14(19-3)20-6-12-4-5-23(8-12)9-15(16,17)18/h12H,4-9H2,1-3H3,(H2,19,20,21). The highest BCUT2D eigenvalue weighted by Gasteiger charge is 2.34. The predicted octanol–water partition coefficient (Wildman–Crippen LogP) is 2.31. The third kappa shape index (κ3) is 5.94. The first-order valence-corrected chi connectivity index (χ1v) is 8.75. The number of hydrogen-bond acceptors (Lipinski definition) is 4. The fourth-order valence-corrected chi connectivity index (χ4v) is 3.59. The lowest BCUT2D eigenvalue weighted by Gasteiger charge is -2.18. The van der Waals surface area contributed by atoms with Crippen molar-refractivity contribution >= 4 is 17.3 Å². The number of nitrogens with zero attached hydrogens (tertiary/aromatic N) is 3. The van der Waals surface area contributed by atoms with Gasteiger partial charge in [0.2, 0.25) is 0 Å². The van der Waals surface area contributed by atoms with Gasteiger partial charge in [0.25, 0.3) is 0 Å². The van der Waals surface area contributed by atoms with Crippen LogP contribution in [0.3, 0.4) is 0 Å². The number of likely N-dealkylation sites (tertiary alicyclic amines) is 1. The van der Waals surface area contributed by atoms with Gasteiger partial charge in [-0.05, 0) is 32.7 Å². The summed E-state index contributed by atoms with van der Waals surface area (Å²) in [7, 11) is 1.68. The van der Waals surface area contributed by atoms with Crippen molar-refractivity contribution in [3.63, 3.8) is 0 Å². The Morgan fingerprint density at radius 3 is 2.71 bits per heavy atom. The fraction of sp³-hybridized carbons (Fsp3) is 0.733. The van der Waals surface area contributed by atoms with Crippen molar-refractivity contribution in [2.24, 2.45) is 10.9 Å². The van der Waals surface area contributed by atoms with E-state index in [0.717, 1.165) is 17.1 Å². The molecule has 136 valence electrons. The van der Waals surface area contributed by atoms with Crippen molar-refractivity contribution in [1.29, 1.82) is 0 Å². The van der Waals surface area contributed by atoms with Crippen LogP contribution in [0, 0.1) is 19.8 Å². The average Bonchev–Trinajstić information content (AvgIpc) is 3.04. The SMILES string of the molecule is CN=C(NCc1nc(C)c(C)s1)NCC1CCN(CC(F)(F)F)C1. The van der Waals surface area contributed by atoms with Gasteiger partial charge in [0.1, 0.15) is 5.01 Å². The number of aryl methyl sites for hydroxylation is 2. The second-order valence-corrected chi connectivity index (χ2v) is 7.35. The Bertz CT molecular complexity index is 550. The predicted molar refractivity (Wildman–Crippen MR) is 90.4 cm³/mol. The van der Waals surface area contributed by atoms with Crippen molar-refractivity contribution in [1.82, 2.24) is 20.5 Å². The van der Waals surface area contributed by atoms with E-state index in [0.29, 0.717) is 32.1 Å². The van der Waals surface area contributed by atoms with Crippen molar-refractivity contribution in [3.8, 4) is 0 Å². The van der Waals surface area contributed by atoms with Gasteiger partial charge in [-0.1, -0.05) is 0 Å². The molecule has 1 atom stereocenters. The van der Waals surface area contributed by atoms with Crippen LogP contribution in [0.5, 0.6) is 0 Å². The molecule has 0 spiro atoms. The molecule has 0 aromatic carbocycles. The van der Waals surface area contributed by atoms with Gasteiger partial charge in [-0.25, -0.2) is 4.98 Å². The minimum Gasteiger partial charge on any atom is -0.356 e. The van der Waals surface area contributed by atoms with Crippen LogP contribution >= 0.6 is 11.3 Å². The van der Waals surface area contributed by atoms with E-state index in [-0.39, 0.29) is 5.92 Å². The van der Waals surface area contributed by atoms with Crippen molar-refractivity contribution in [2.75, 3.05) is 33.2 Å². The zero-order chi connectivity index (χ0) is 17.7. The zero-order valence-corrected chi connectivity index (χ0v) is 15.0. The molecule has 1 aromatic heterocycles. The number of thiazole rings is 1. The monoisotopic (exact) mass is 363 g/mol. The number of aliphatic imine (C=N–C) groups is 1. The highest BCUT2D eigenvalue weighted by Crippen LogP contribution is 2.22. The summed E-state index contributed by atoms with van der Waals surface area (Å²) in [5.74, 6) is 0.852. The van der Waals surface area contributed by atoms with E-state index < -0.39 is 12.7 Å². The normalized spacial score (nSPS) is 19.8. The Morgan fingerprint density at radius 2 is 2.12 bits per heavy atom. The average molecular weight is 363 g/mol. The van der Waals surface area contributed by atoms with Gasteiger partial charge in [0.05, 0.1) is 18.8 Å². The third-order valence-electron chi connectivity index (χ3n) is 4.03. The molecular weight excluding hydrogens is 339 g/mol. The Labute approximate surface area is 144 Å². The Morgan fingerprint density at radius 1 is 1.38 bits per heavy atom. The van der Waals surface area contributed by atoms with E-state index in [1.165, 1.54) is 9.78 Å². The number of nitrogens with one attached hydrogen (secondary N) is 2. The van der Waals surface area contributed by atoms with E-state index in [1.807, 2.05) is 13.8 Å². The van der Waals surface area contributed by atoms with Crippen LogP contribution in [0.4, 0.5) is 13.2 Å². The summed E-state index contributed by atoms with van der Waals surface area (Å²) >= 11 is 1.65. The quantitative estimate of drug-likeness (QED) is 0.623. The molecule has 5 nitrogen and oxygen atoms in total. The van der Waals surface area contributed by atoms with E-state index in [1.54, 1.807) is 18.4 Å². The lowest BCUT2D eigenvalue weighted by atomic mass is 10.1. The molecule has 0 radical (unpaired) electrons. The molecule has 9 heteroatoms. The van der Waals surface area contributed by atoms with E-state index in [2.05, 4.69) is 20.6 Å². The number of aromatic nitrogens is 1. The van der Waals surface area contributed by atoms with Gasteiger partial charge >= 0.3 is 6.18 Å². The minimum atomic E-state index is -4.12. The molecule has 0 aliphatic carbocycles. The summed E-state index contributed by atoms with van der Waals surface area (Å²) in [6.07, 6.45) is -3.35. The molecule has 1 aromatic rings. The molecule has 24 heavy (non-hydrogen) atoms. The fourth-order valence-electron chi connectivity index (χ4n) is 2.71. The number of rotatable bonds is 5. The summed E-state index contributed by atoms with van der Waals surface area (Å²) in [6, 6.07) is 0. The Kier molecular flexibility index (Phi) is 6.45. The number of hydrogen-bond donors (Lipinski definition) is 2. The van der Waals surface area contributed by atoms with Gasteiger partial charge in [-0.15, -0.1) is 11.3 Å². The smallest absolute Gasteiger partial charge is 0.356 e. The second kappa shape index (κ2) is 8.15. The Hall–Kier alpha value is -1.35. The highest BCUT2D eigenvalue weighted by molar-refractivity contribution is 7.11. The summed E-state index contributed by atoms with van der Waals surface area (Å²) in [5.41, 5.74) is 1.04. The molecule has 0 saturated carbocycles. The first kappa shape index (κ1) is 19.0. The molecule has 1 unspecified atom stereocenters.